The molecule has 2 aromatic rings. The highest BCUT2D eigenvalue weighted by molar-refractivity contribution is 7.99. The van der Waals surface area contributed by atoms with Gasteiger partial charge in [0.15, 0.2) is 11.0 Å². The van der Waals surface area contributed by atoms with Crippen molar-refractivity contribution < 1.29 is 9.53 Å². The highest BCUT2D eigenvalue weighted by atomic mass is 32.2. The lowest BCUT2D eigenvalue weighted by molar-refractivity contribution is -0.140. The van der Waals surface area contributed by atoms with Gasteiger partial charge < -0.3 is 14.2 Å². The summed E-state index contributed by atoms with van der Waals surface area (Å²) in [6, 6.07) is 3.82. The number of thioether (sulfide) groups is 1. The summed E-state index contributed by atoms with van der Waals surface area (Å²) in [4.78, 5) is 18.4. The molecule has 1 aliphatic heterocycles. The predicted octanol–water partition coefficient (Wildman–Crippen LogP) is 2.09. The molecule has 8 heteroatoms. The lowest BCUT2D eigenvalue weighted by atomic mass is 10.2. The zero-order valence-corrected chi connectivity index (χ0v) is 15.6. The Morgan fingerprint density at radius 2 is 1.92 bits per heavy atom. The van der Waals surface area contributed by atoms with E-state index in [1.165, 1.54) is 11.8 Å². The molecule has 0 saturated carbocycles. The van der Waals surface area contributed by atoms with E-state index in [0.29, 0.717) is 18.8 Å². The molecule has 0 radical (unpaired) electrons. The number of carbonyl (C=O) groups is 1. The largest absolute Gasteiger partial charge is 0.372 e. The Labute approximate surface area is 151 Å². The first-order valence-corrected chi connectivity index (χ1v) is 9.46. The standard InChI is InChI=1S/C17H23N5O2S/c1-4-22-16(14-5-7-18-8-6-14)19-20-17(22)25-11-15(23)21-9-12(2)24-13(3)10-21/h5-8,12-13H,4,9-11H2,1-3H3. The number of aromatic nitrogens is 4. The highest BCUT2D eigenvalue weighted by Crippen LogP contribution is 2.24. The van der Waals surface area contributed by atoms with Gasteiger partial charge >= 0.3 is 0 Å². The van der Waals surface area contributed by atoms with Crippen LogP contribution in [-0.4, -0.2) is 61.6 Å². The summed E-state index contributed by atoms with van der Waals surface area (Å²) < 4.78 is 7.71. The first-order valence-electron chi connectivity index (χ1n) is 8.48. The van der Waals surface area contributed by atoms with Crippen LogP contribution >= 0.6 is 11.8 Å². The van der Waals surface area contributed by atoms with Gasteiger partial charge in [-0.05, 0) is 32.9 Å². The molecule has 0 aromatic carbocycles. The number of carbonyl (C=O) groups excluding carboxylic acids is 1. The van der Waals surface area contributed by atoms with E-state index < -0.39 is 0 Å². The molecule has 1 amide bonds. The molecule has 0 N–H and O–H groups in total. The van der Waals surface area contributed by atoms with E-state index in [4.69, 9.17) is 4.74 Å². The van der Waals surface area contributed by atoms with Crippen LogP contribution in [0.15, 0.2) is 29.7 Å². The van der Waals surface area contributed by atoms with Gasteiger partial charge in [-0.15, -0.1) is 10.2 Å². The fourth-order valence-corrected chi connectivity index (χ4v) is 3.90. The van der Waals surface area contributed by atoms with E-state index in [0.717, 1.165) is 23.1 Å². The number of morpholine rings is 1. The Bertz CT molecular complexity index is 711. The summed E-state index contributed by atoms with van der Waals surface area (Å²) >= 11 is 1.43. The van der Waals surface area contributed by atoms with Crippen molar-refractivity contribution in [2.75, 3.05) is 18.8 Å². The van der Waals surface area contributed by atoms with Gasteiger partial charge in [0.25, 0.3) is 0 Å². The molecule has 1 saturated heterocycles. The van der Waals surface area contributed by atoms with E-state index in [1.54, 1.807) is 12.4 Å². The van der Waals surface area contributed by atoms with Crippen molar-refractivity contribution in [3.63, 3.8) is 0 Å². The third-order valence-corrected chi connectivity index (χ3v) is 5.02. The minimum absolute atomic E-state index is 0.0790. The van der Waals surface area contributed by atoms with Crippen molar-refractivity contribution >= 4 is 17.7 Å². The molecule has 1 aliphatic rings. The summed E-state index contributed by atoms with van der Waals surface area (Å²) in [6.45, 7) is 8.08. The highest BCUT2D eigenvalue weighted by Gasteiger charge is 2.26. The zero-order chi connectivity index (χ0) is 17.8. The van der Waals surface area contributed by atoms with E-state index in [1.807, 2.05) is 42.4 Å². The quantitative estimate of drug-likeness (QED) is 0.759. The number of nitrogens with zero attached hydrogens (tertiary/aromatic N) is 5. The lowest BCUT2D eigenvalue weighted by Crippen LogP contribution is -2.48. The maximum Gasteiger partial charge on any atom is 0.233 e. The molecule has 1 fully saturated rings. The Hall–Kier alpha value is -1.93. The Balaban J connectivity index is 1.67. The average molecular weight is 361 g/mol. The first-order chi connectivity index (χ1) is 12.1. The van der Waals surface area contributed by atoms with Crippen molar-refractivity contribution in [2.24, 2.45) is 0 Å². The van der Waals surface area contributed by atoms with Crippen LogP contribution in [0, 0.1) is 0 Å². The molecule has 2 unspecified atom stereocenters. The third-order valence-electron chi connectivity index (χ3n) is 4.07. The van der Waals surface area contributed by atoms with Crippen LogP contribution in [0.2, 0.25) is 0 Å². The Morgan fingerprint density at radius 3 is 2.56 bits per heavy atom. The summed E-state index contributed by atoms with van der Waals surface area (Å²) in [5.41, 5.74) is 0.971. The number of ether oxygens (including phenoxy) is 1. The number of rotatable bonds is 5. The normalized spacial score (nSPS) is 20.7. The average Bonchev–Trinajstić information content (AvgIpc) is 3.02. The molecule has 2 atom stereocenters. The Morgan fingerprint density at radius 1 is 1.24 bits per heavy atom. The van der Waals surface area contributed by atoms with Crippen molar-refractivity contribution in [2.45, 2.75) is 44.7 Å². The second-order valence-electron chi connectivity index (χ2n) is 6.13. The van der Waals surface area contributed by atoms with Crippen LogP contribution in [0.4, 0.5) is 0 Å². The van der Waals surface area contributed by atoms with Crippen LogP contribution in [0.1, 0.15) is 20.8 Å². The van der Waals surface area contributed by atoms with Gasteiger partial charge in [0, 0.05) is 37.6 Å². The van der Waals surface area contributed by atoms with Crippen molar-refractivity contribution in [1.82, 2.24) is 24.6 Å². The minimum atomic E-state index is 0.0790. The molecule has 134 valence electrons. The molecule has 3 rings (SSSR count). The fourth-order valence-electron chi connectivity index (χ4n) is 2.99. The summed E-state index contributed by atoms with van der Waals surface area (Å²) in [5, 5.41) is 9.32. The Kier molecular flexibility index (Phi) is 5.70. The molecule has 2 aromatic heterocycles. The SMILES string of the molecule is CCn1c(SCC(=O)N2CC(C)OC(C)C2)nnc1-c1ccncc1. The van der Waals surface area contributed by atoms with Crippen molar-refractivity contribution in [3.05, 3.63) is 24.5 Å². The molecule has 7 nitrogen and oxygen atoms in total. The summed E-state index contributed by atoms with van der Waals surface area (Å²) in [5.74, 6) is 1.27. The molecular formula is C17H23N5O2S. The monoisotopic (exact) mass is 361 g/mol. The van der Waals surface area contributed by atoms with Crippen molar-refractivity contribution in [3.8, 4) is 11.4 Å². The van der Waals surface area contributed by atoms with Crippen LogP contribution < -0.4 is 0 Å². The van der Waals surface area contributed by atoms with Crippen LogP contribution in [0.25, 0.3) is 11.4 Å². The number of hydrogen-bond acceptors (Lipinski definition) is 6. The first kappa shape index (κ1) is 17.9. The van der Waals surface area contributed by atoms with Gasteiger partial charge in [0.2, 0.25) is 5.91 Å². The molecule has 3 heterocycles. The number of hydrogen-bond donors (Lipinski definition) is 0. The summed E-state index contributed by atoms with van der Waals surface area (Å²) in [7, 11) is 0. The van der Waals surface area contributed by atoms with Gasteiger partial charge in [0.1, 0.15) is 0 Å². The van der Waals surface area contributed by atoms with E-state index in [-0.39, 0.29) is 18.1 Å². The smallest absolute Gasteiger partial charge is 0.233 e. The molecule has 25 heavy (non-hydrogen) atoms. The van der Waals surface area contributed by atoms with Crippen LogP contribution in [-0.2, 0) is 16.1 Å². The molecule has 0 bridgehead atoms. The van der Waals surface area contributed by atoms with Crippen LogP contribution in [0.5, 0.6) is 0 Å². The number of pyridine rings is 1. The van der Waals surface area contributed by atoms with Crippen molar-refractivity contribution in [1.29, 1.82) is 0 Å². The van der Waals surface area contributed by atoms with Gasteiger partial charge in [0.05, 0.1) is 18.0 Å². The molecule has 0 spiro atoms. The van der Waals surface area contributed by atoms with Gasteiger partial charge in [-0.3, -0.25) is 9.78 Å². The summed E-state index contributed by atoms with van der Waals surface area (Å²) in [6.07, 6.45) is 3.63. The fraction of sp³-hybridized carbons (Fsp3) is 0.529. The van der Waals surface area contributed by atoms with E-state index >= 15 is 0 Å². The maximum absolute atomic E-state index is 12.5. The minimum Gasteiger partial charge on any atom is -0.372 e. The predicted molar refractivity (Wildman–Crippen MR) is 96.2 cm³/mol. The van der Waals surface area contributed by atoms with Gasteiger partial charge in [-0.25, -0.2) is 0 Å². The van der Waals surface area contributed by atoms with Crippen LogP contribution in [0.3, 0.4) is 0 Å². The number of amides is 1. The lowest BCUT2D eigenvalue weighted by Gasteiger charge is -2.35. The molecule has 0 aliphatic carbocycles. The van der Waals surface area contributed by atoms with Gasteiger partial charge in [-0.2, -0.15) is 0 Å². The second kappa shape index (κ2) is 7.97. The van der Waals surface area contributed by atoms with E-state index in [9.17, 15) is 4.79 Å². The second-order valence-corrected chi connectivity index (χ2v) is 7.07. The van der Waals surface area contributed by atoms with Gasteiger partial charge in [-0.1, -0.05) is 11.8 Å². The topological polar surface area (TPSA) is 73.1 Å². The third kappa shape index (κ3) is 4.19. The zero-order valence-electron chi connectivity index (χ0n) is 14.8. The maximum atomic E-state index is 12.5. The van der Waals surface area contributed by atoms with E-state index in [2.05, 4.69) is 15.2 Å². The molecular weight excluding hydrogens is 338 g/mol.